The molecule has 0 amide bonds. The summed E-state index contributed by atoms with van der Waals surface area (Å²) in [4.78, 5) is 2.38. The molecular weight excluding hydrogens is 241 g/mol. The summed E-state index contributed by atoms with van der Waals surface area (Å²) >= 11 is 4.89. The van der Waals surface area contributed by atoms with Gasteiger partial charge in [0, 0.05) is 6.54 Å². The Labute approximate surface area is 97.7 Å². The van der Waals surface area contributed by atoms with Crippen LogP contribution in [0.15, 0.2) is 0 Å². The number of hydrogen-bond acceptors (Lipinski definition) is 3. The van der Waals surface area contributed by atoms with E-state index < -0.39 is 12.8 Å². The molecule has 0 bridgehead atoms. The Bertz CT molecular complexity index is 247. The summed E-state index contributed by atoms with van der Waals surface area (Å²) < 4.78 is 39.9. The number of likely N-dealkylation sites (tertiary alicyclic amines) is 1. The highest BCUT2D eigenvalue weighted by Gasteiger charge is 2.29. The lowest BCUT2D eigenvalue weighted by atomic mass is 10.2. The lowest BCUT2D eigenvalue weighted by Crippen LogP contribution is -2.41. The predicted octanol–water partition coefficient (Wildman–Crippen LogP) is 1.32. The van der Waals surface area contributed by atoms with E-state index >= 15 is 0 Å². The standard InChI is InChI=1S/C9H15F3N2OS/c10-9(11,12)6-15-5-4-14-3-1-2-7(14)8(13)16/h7H,1-6H2,(H2,13,16). The predicted molar refractivity (Wildman–Crippen MR) is 58.3 cm³/mol. The zero-order chi connectivity index (χ0) is 12.2. The van der Waals surface area contributed by atoms with Gasteiger partial charge in [0.25, 0.3) is 0 Å². The summed E-state index contributed by atoms with van der Waals surface area (Å²) in [7, 11) is 0. The van der Waals surface area contributed by atoms with E-state index in [9.17, 15) is 13.2 Å². The fourth-order valence-electron chi connectivity index (χ4n) is 1.79. The molecule has 94 valence electrons. The van der Waals surface area contributed by atoms with Crippen molar-refractivity contribution < 1.29 is 17.9 Å². The molecule has 0 spiro atoms. The molecule has 0 radical (unpaired) electrons. The summed E-state index contributed by atoms with van der Waals surface area (Å²) in [5.74, 6) is 0. The zero-order valence-electron chi connectivity index (χ0n) is 8.79. The molecule has 0 aromatic rings. The molecule has 0 saturated carbocycles. The summed E-state index contributed by atoms with van der Waals surface area (Å²) in [5.41, 5.74) is 5.53. The molecule has 1 aliphatic heterocycles. The van der Waals surface area contributed by atoms with E-state index in [-0.39, 0.29) is 12.6 Å². The smallest absolute Gasteiger partial charge is 0.392 e. The molecule has 1 fully saturated rings. The summed E-state index contributed by atoms with van der Waals surface area (Å²) in [6.45, 7) is 0.118. The Hall–Kier alpha value is -0.400. The van der Waals surface area contributed by atoms with Gasteiger partial charge < -0.3 is 10.5 Å². The SMILES string of the molecule is NC(=S)C1CCCN1CCOCC(F)(F)F. The monoisotopic (exact) mass is 256 g/mol. The number of ether oxygens (including phenoxy) is 1. The van der Waals surface area contributed by atoms with Crippen LogP contribution in [0, 0.1) is 0 Å². The maximum absolute atomic E-state index is 11.8. The molecular formula is C9H15F3N2OS. The third-order valence-corrected chi connectivity index (χ3v) is 2.75. The summed E-state index contributed by atoms with van der Waals surface area (Å²) in [6, 6.07) is 0.0180. The molecule has 0 aromatic heterocycles. The maximum Gasteiger partial charge on any atom is 0.411 e. The van der Waals surface area contributed by atoms with E-state index in [0.29, 0.717) is 11.5 Å². The van der Waals surface area contributed by atoms with E-state index in [4.69, 9.17) is 18.0 Å². The van der Waals surface area contributed by atoms with Crippen LogP contribution >= 0.6 is 12.2 Å². The van der Waals surface area contributed by atoms with E-state index in [2.05, 4.69) is 4.74 Å². The minimum atomic E-state index is -4.26. The van der Waals surface area contributed by atoms with Gasteiger partial charge in [-0.3, -0.25) is 4.90 Å². The number of halogens is 3. The number of nitrogens with two attached hydrogens (primary N) is 1. The summed E-state index contributed by atoms with van der Waals surface area (Å²) in [6.07, 6.45) is -2.40. The van der Waals surface area contributed by atoms with Crippen molar-refractivity contribution in [2.75, 3.05) is 26.3 Å². The fourth-order valence-corrected chi connectivity index (χ4v) is 2.05. The number of thiocarbonyl (C=S) groups is 1. The van der Waals surface area contributed by atoms with Crippen LogP contribution in [-0.4, -0.2) is 48.4 Å². The van der Waals surface area contributed by atoms with Crippen molar-refractivity contribution in [3.63, 3.8) is 0 Å². The molecule has 1 atom stereocenters. The maximum atomic E-state index is 11.8. The first kappa shape index (κ1) is 13.7. The van der Waals surface area contributed by atoms with Crippen LogP contribution in [0.25, 0.3) is 0 Å². The summed E-state index contributed by atoms with van der Waals surface area (Å²) in [5, 5.41) is 0. The second-order valence-corrected chi connectivity index (χ2v) is 4.24. The Morgan fingerprint density at radius 1 is 1.50 bits per heavy atom. The van der Waals surface area contributed by atoms with Crippen LogP contribution in [0.4, 0.5) is 13.2 Å². The normalized spacial score (nSPS) is 22.6. The second kappa shape index (κ2) is 5.79. The minimum Gasteiger partial charge on any atom is -0.392 e. The van der Waals surface area contributed by atoms with Crippen molar-refractivity contribution in [2.24, 2.45) is 5.73 Å². The van der Waals surface area contributed by atoms with Crippen LogP contribution in [0.1, 0.15) is 12.8 Å². The van der Waals surface area contributed by atoms with Crippen molar-refractivity contribution in [3.8, 4) is 0 Å². The van der Waals surface area contributed by atoms with Crippen molar-refractivity contribution >= 4 is 17.2 Å². The molecule has 2 N–H and O–H groups in total. The highest BCUT2D eigenvalue weighted by Crippen LogP contribution is 2.17. The van der Waals surface area contributed by atoms with E-state index in [1.165, 1.54) is 0 Å². The first-order chi connectivity index (χ1) is 7.40. The lowest BCUT2D eigenvalue weighted by molar-refractivity contribution is -0.174. The average molecular weight is 256 g/mol. The van der Waals surface area contributed by atoms with Crippen molar-refractivity contribution in [1.29, 1.82) is 0 Å². The van der Waals surface area contributed by atoms with Crippen molar-refractivity contribution in [2.45, 2.75) is 25.1 Å². The zero-order valence-corrected chi connectivity index (χ0v) is 9.61. The van der Waals surface area contributed by atoms with Crippen LogP contribution in [-0.2, 0) is 4.74 Å². The van der Waals surface area contributed by atoms with Gasteiger partial charge in [-0.25, -0.2) is 0 Å². The average Bonchev–Trinajstić information content (AvgIpc) is 2.58. The van der Waals surface area contributed by atoms with E-state index in [0.717, 1.165) is 19.4 Å². The fraction of sp³-hybridized carbons (Fsp3) is 0.889. The number of rotatable bonds is 5. The third-order valence-electron chi connectivity index (χ3n) is 2.48. The van der Waals surface area contributed by atoms with Gasteiger partial charge in [0.05, 0.1) is 17.6 Å². The van der Waals surface area contributed by atoms with Gasteiger partial charge in [0.1, 0.15) is 6.61 Å². The van der Waals surface area contributed by atoms with Gasteiger partial charge in [-0.2, -0.15) is 13.2 Å². The van der Waals surface area contributed by atoms with Gasteiger partial charge in [0.15, 0.2) is 0 Å². The number of nitrogens with zero attached hydrogens (tertiary/aromatic N) is 1. The lowest BCUT2D eigenvalue weighted by Gasteiger charge is -2.23. The van der Waals surface area contributed by atoms with Crippen LogP contribution < -0.4 is 5.73 Å². The first-order valence-corrected chi connectivity index (χ1v) is 5.49. The number of hydrogen-bond donors (Lipinski definition) is 1. The Morgan fingerprint density at radius 2 is 2.19 bits per heavy atom. The second-order valence-electron chi connectivity index (χ2n) is 3.76. The molecule has 16 heavy (non-hydrogen) atoms. The van der Waals surface area contributed by atoms with Crippen LogP contribution in [0.2, 0.25) is 0 Å². The topological polar surface area (TPSA) is 38.5 Å². The molecule has 1 rings (SSSR count). The van der Waals surface area contributed by atoms with Crippen LogP contribution in [0.3, 0.4) is 0 Å². The first-order valence-electron chi connectivity index (χ1n) is 5.08. The van der Waals surface area contributed by atoms with Gasteiger partial charge >= 0.3 is 6.18 Å². The molecule has 1 unspecified atom stereocenters. The minimum absolute atomic E-state index is 0.0180. The van der Waals surface area contributed by atoms with E-state index in [1.807, 2.05) is 4.90 Å². The van der Waals surface area contributed by atoms with Gasteiger partial charge in [0.2, 0.25) is 0 Å². The van der Waals surface area contributed by atoms with Crippen molar-refractivity contribution in [3.05, 3.63) is 0 Å². The largest absolute Gasteiger partial charge is 0.411 e. The highest BCUT2D eigenvalue weighted by atomic mass is 32.1. The highest BCUT2D eigenvalue weighted by molar-refractivity contribution is 7.80. The molecule has 7 heteroatoms. The Morgan fingerprint density at radius 3 is 2.75 bits per heavy atom. The Balaban J connectivity index is 2.20. The van der Waals surface area contributed by atoms with Gasteiger partial charge in [-0.1, -0.05) is 12.2 Å². The van der Waals surface area contributed by atoms with Crippen molar-refractivity contribution in [1.82, 2.24) is 4.90 Å². The molecule has 3 nitrogen and oxygen atoms in total. The molecule has 1 heterocycles. The quantitative estimate of drug-likeness (QED) is 0.594. The third kappa shape index (κ3) is 4.63. The molecule has 0 aliphatic carbocycles. The molecule has 0 aromatic carbocycles. The van der Waals surface area contributed by atoms with E-state index in [1.54, 1.807) is 0 Å². The molecule has 1 aliphatic rings. The Kier molecular flexibility index (Phi) is 4.94. The van der Waals surface area contributed by atoms with Gasteiger partial charge in [-0.05, 0) is 19.4 Å². The van der Waals surface area contributed by atoms with Crippen LogP contribution in [0.5, 0.6) is 0 Å². The molecule has 1 saturated heterocycles. The number of alkyl halides is 3. The van der Waals surface area contributed by atoms with Gasteiger partial charge in [-0.15, -0.1) is 0 Å².